The van der Waals surface area contributed by atoms with Crippen LogP contribution in [0.4, 0.5) is 0 Å². The summed E-state index contributed by atoms with van der Waals surface area (Å²) in [6.07, 6.45) is 2.80. The van der Waals surface area contributed by atoms with Crippen molar-refractivity contribution in [3.63, 3.8) is 0 Å². The highest BCUT2D eigenvalue weighted by Gasteiger charge is 2.40. The first-order chi connectivity index (χ1) is 8.30. The third-order valence-corrected chi connectivity index (χ3v) is 4.87. The van der Waals surface area contributed by atoms with Gasteiger partial charge in [-0.25, -0.2) is 0 Å². The van der Waals surface area contributed by atoms with Crippen LogP contribution in [-0.4, -0.2) is 19.6 Å². The Bertz CT molecular complexity index is 411. The average Bonchev–Trinajstić information content (AvgIpc) is 2.79. The Balaban J connectivity index is 2.18. The van der Waals surface area contributed by atoms with Crippen LogP contribution in [0, 0.1) is 5.41 Å². The maximum atomic E-state index is 12.0. The van der Waals surface area contributed by atoms with Crippen molar-refractivity contribution in [1.29, 1.82) is 0 Å². The van der Waals surface area contributed by atoms with Gasteiger partial charge in [0.1, 0.15) is 5.25 Å². The lowest BCUT2D eigenvalue weighted by atomic mass is 9.85. The highest BCUT2D eigenvalue weighted by molar-refractivity contribution is 7.90. The minimum atomic E-state index is -0.986. The smallest absolute Gasteiger partial charge is 0.129 e. The van der Waals surface area contributed by atoms with E-state index >= 15 is 0 Å². The Hall–Kier alpha value is -0.520. The van der Waals surface area contributed by atoms with Gasteiger partial charge in [-0.3, -0.25) is 4.68 Å². The van der Waals surface area contributed by atoms with Gasteiger partial charge in [0.2, 0.25) is 0 Å². The minimum Gasteiger partial charge on any atom is -0.598 e. The third kappa shape index (κ3) is 2.58. The third-order valence-electron chi connectivity index (χ3n) is 3.50. The molecule has 1 aliphatic heterocycles. The summed E-state index contributed by atoms with van der Waals surface area (Å²) in [7, 11) is 0. The molecule has 2 rings (SSSR count). The highest BCUT2D eigenvalue weighted by atomic mass is 32.2. The van der Waals surface area contributed by atoms with Gasteiger partial charge < -0.3 is 4.55 Å². The molecule has 0 saturated heterocycles. The van der Waals surface area contributed by atoms with Gasteiger partial charge in [-0.1, -0.05) is 20.8 Å². The van der Waals surface area contributed by atoms with E-state index in [0.717, 1.165) is 12.1 Å². The molecule has 0 saturated carbocycles. The van der Waals surface area contributed by atoms with Crippen molar-refractivity contribution in [3.8, 4) is 0 Å². The number of hydrogen-bond acceptors (Lipinski definition) is 3. The molecule has 0 fully saturated rings. The Labute approximate surface area is 112 Å². The van der Waals surface area contributed by atoms with Crippen molar-refractivity contribution in [2.24, 2.45) is 5.41 Å². The van der Waals surface area contributed by atoms with Gasteiger partial charge >= 0.3 is 0 Å². The lowest BCUT2D eigenvalue weighted by molar-refractivity contribution is 0.229. The zero-order valence-electron chi connectivity index (χ0n) is 11.8. The van der Waals surface area contributed by atoms with E-state index in [1.165, 1.54) is 0 Å². The van der Waals surface area contributed by atoms with Crippen molar-refractivity contribution in [2.45, 2.75) is 58.4 Å². The first kappa shape index (κ1) is 13.9. The van der Waals surface area contributed by atoms with Crippen LogP contribution in [0.15, 0.2) is 12.3 Å². The second-order valence-corrected chi connectivity index (χ2v) is 8.11. The Morgan fingerprint density at radius 3 is 2.72 bits per heavy atom. The number of nitrogens with zero attached hydrogens (tertiary/aromatic N) is 2. The summed E-state index contributed by atoms with van der Waals surface area (Å²) in [4.78, 5) is 0. The molecule has 1 N–H and O–H groups in total. The van der Waals surface area contributed by atoms with Crippen LogP contribution in [0.5, 0.6) is 0 Å². The summed E-state index contributed by atoms with van der Waals surface area (Å²) in [5, 5.41) is 4.56. The molecule has 0 aromatic carbocycles. The quantitative estimate of drug-likeness (QED) is 0.858. The van der Waals surface area contributed by atoms with Crippen LogP contribution >= 0.6 is 0 Å². The van der Waals surface area contributed by atoms with Gasteiger partial charge in [-0.2, -0.15) is 5.10 Å². The van der Waals surface area contributed by atoms with Crippen molar-refractivity contribution >= 4 is 11.4 Å². The van der Waals surface area contributed by atoms with E-state index in [0.29, 0.717) is 6.04 Å². The van der Waals surface area contributed by atoms with E-state index in [1.54, 1.807) is 0 Å². The molecule has 2 heterocycles. The SMILES string of the molecule is CC(C)[S+]([O-])N[C@@H]1C[C@H](C(C)(C)C)n2nccc21. The maximum Gasteiger partial charge on any atom is 0.129 e. The first-order valence-electron chi connectivity index (χ1n) is 6.51. The summed E-state index contributed by atoms with van der Waals surface area (Å²) < 4.78 is 17.3. The van der Waals surface area contributed by atoms with Gasteiger partial charge in [0.15, 0.2) is 0 Å². The molecule has 4 nitrogen and oxygen atoms in total. The normalized spacial score (nSPS) is 25.5. The number of nitrogens with one attached hydrogen (secondary N) is 1. The number of aromatic nitrogens is 2. The summed E-state index contributed by atoms with van der Waals surface area (Å²) in [6, 6.07) is 2.55. The van der Waals surface area contributed by atoms with Crippen molar-refractivity contribution in [1.82, 2.24) is 14.5 Å². The van der Waals surface area contributed by atoms with Gasteiger partial charge in [0.25, 0.3) is 0 Å². The zero-order valence-corrected chi connectivity index (χ0v) is 12.6. The van der Waals surface area contributed by atoms with Gasteiger partial charge in [0.05, 0.1) is 17.8 Å². The average molecular weight is 269 g/mol. The van der Waals surface area contributed by atoms with Crippen LogP contribution in [0.3, 0.4) is 0 Å². The molecule has 0 spiro atoms. The molecule has 0 amide bonds. The summed E-state index contributed by atoms with van der Waals surface area (Å²) in [6.45, 7) is 10.6. The molecule has 18 heavy (non-hydrogen) atoms. The molecular weight excluding hydrogens is 246 g/mol. The molecule has 0 bridgehead atoms. The molecule has 102 valence electrons. The molecule has 1 aliphatic rings. The van der Waals surface area contributed by atoms with Crippen LogP contribution in [0.25, 0.3) is 0 Å². The molecule has 0 radical (unpaired) electrons. The van der Waals surface area contributed by atoms with E-state index in [2.05, 4.69) is 35.3 Å². The van der Waals surface area contributed by atoms with E-state index < -0.39 is 11.4 Å². The Morgan fingerprint density at radius 2 is 2.17 bits per heavy atom. The number of fused-ring (bicyclic) bond motifs is 1. The predicted octanol–water partition coefficient (Wildman–Crippen LogP) is 2.58. The van der Waals surface area contributed by atoms with Gasteiger partial charge in [0, 0.05) is 17.6 Å². The lowest BCUT2D eigenvalue weighted by Gasteiger charge is -2.27. The fourth-order valence-corrected chi connectivity index (χ4v) is 3.18. The summed E-state index contributed by atoms with van der Waals surface area (Å²) in [5.41, 5.74) is 1.32. The van der Waals surface area contributed by atoms with Crippen LogP contribution in [-0.2, 0) is 11.4 Å². The van der Waals surface area contributed by atoms with Crippen LogP contribution in [0.1, 0.15) is 58.8 Å². The molecule has 1 unspecified atom stereocenters. The highest BCUT2D eigenvalue weighted by Crippen LogP contribution is 2.43. The van der Waals surface area contributed by atoms with Crippen LogP contribution < -0.4 is 4.72 Å². The molecule has 0 aliphatic carbocycles. The van der Waals surface area contributed by atoms with E-state index in [4.69, 9.17) is 0 Å². The molecule has 1 aromatic rings. The first-order valence-corrected chi connectivity index (χ1v) is 7.72. The summed E-state index contributed by atoms with van der Waals surface area (Å²) in [5.74, 6) is 0. The van der Waals surface area contributed by atoms with Crippen LogP contribution in [0.2, 0.25) is 0 Å². The van der Waals surface area contributed by atoms with E-state index in [1.807, 2.05) is 26.1 Å². The van der Waals surface area contributed by atoms with E-state index in [-0.39, 0.29) is 16.7 Å². The fourth-order valence-electron chi connectivity index (χ4n) is 2.41. The maximum absolute atomic E-state index is 12.0. The predicted molar refractivity (Wildman–Crippen MR) is 74.5 cm³/mol. The molecule has 3 atom stereocenters. The van der Waals surface area contributed by atoms with E-state index in [9.17, 15) is 4.55 Å². The van der Waals surface area contributed by atoms with Crippen molar-refractivity contribution < 1.29 is 4.55 Å². The standard InChI is InChI=1S/C13H23N3OS/c1-9(2)18(17)15-10-8-12(13(3,4)5)16-11(10)6-7-14-16/h6-7,9-10,12,15H,8H2,1-5H3/t10-,12-,18?/m1/s1. The molecule has 5 heteroatoms. The molecular formula is C13H23N3OS. The van der Waals surface area contributed by atoms with Gasteiger partial charge in [-0.05, 0) is 31.7 Å². The minimum absolute atomic E-state index is 0.134. The summed E-state index contributed by atoms with van der Waals surface area (Å²) >= 11 is -0.986. The topological polar surface area (TPSA) is 52.9 Å². The zero-order chi connectivity index (χ0) is 13.5. The lowest BCUT2D eigenvalue weighted by Crippen LogP contribution is -2.33. The Morgan fingerprint density at radius 1 is 1.50 bits per heavy atom. The van der Waals surface area contributed by atoms with Gasteiger partial charge in [-0.15, -0.1) is 4.72 Å². The largest absolute Gasteiger partial charge is 0.598 e. The number of rotatable bonds is 3. The second-order valence-electron chi connectivity index (χ2n) is 6.33. The monoisotopic (exact) mass is 269 g/mol. The van der Waals surface area contributed by atoms with Crippen molar-refractivity contribution in [3.05, 3.63) is 18.0 Å². The Kier molecular flexibility index (Phi) is 3.76. The molecule has 1 aromatic heterocycles. The van der Waals surface area contributed by atoms with Crippen molar-refractivity contribution in [2.75, 3.05) is 0 Å². The fraction of sp³-hybridized carbons (Fsp3) is 0.769. The number of hydrogen-bond donors (Lipinski definition) is 1. The second kappa shape index (κ2) is 4.87.